The summed E-state index contributed by atoms with van der Waals surface area (Å²) in [6, 6.07) is 20.0. The molecule has 6 nitrogen and oxygen atoms in total. The highest BCUT2D eigenvalue weighted by Crippen LogP contribution is 2.35. The summed E-state index contributed by atoms with van der Waals surface area (Å²) >= 11 is 5.96. The second-order valence-electron chi connectivity index (χ2n) is 7.15. The molecule has 3 aromatic rings. The van der Waals surface area contributed by atoms with Gasteiger partial charge < -0.3 is 19.7 Å². The van der Waals surface area contributed by atoms with E-state index in [4.69, 9.17) is 21.1 Å². The molecule has 0 unspecified atom stereocenters. The predicted octanol–water partition coefficient (Wildman–Crippen LogP) is 4.46. The minimum Gasteiger partial charge on any atom is -0.497 e. The van der Waals surface area contributed by atoms with Gasteiger partial charge in [-0.2, -0.15) is 0 Å². The van der Waals surface area contributed by atoms with Gasteiger partial charge in [0.05, 0.1) is 25.8 Å². The van der Waals surface area contributed by atoms with Gasteiger partial charge >= 0.3 is 0 Å². The number of carbonyl (C=O) groups excluding carboxylic acids is 2. The molecule has 1 aliphatic rings. The lowest BCUT2D eigenvalue weighted by Gasteiger charge is -2.30. The Morgan fingerprint density at radius 2 is 1.77 bits per heavy atom. The zero-order valence-electron chi connectivity index (χ0n) is 16.9. The molecular weight excluding hydrogens is 416 g/mol. The van der Waals surface area contributed by atoms with Crippen LogP contribution in [0.4, 0.5) is 11.4 Å². The number of amides is 2. The number of fused-ring (bicyclic) bond motifs is 1. The van der Waals surface area contributed by atoms with E-state index in [9.17, 15) is 9.59 Å². The van der Waals surface area contributed by atoms with E-state index >= 15 is 0 Å². The second-order valence-corrected chi connectivity index (χ2v) is 7.59. The van der Waals surface area contributed by atoms with Crippen molar-refractivity contribution in [2.24, 2.45) is 0 Å². The fourth-order valence-electron chi connectivity index (χ4n) is 3.36. The van der Waals surface area contributed by atoms with Crippen molar-refractivity contribution in [3.05, 3.63) is 82.9 Å². The normalized spacial score (nSPS) is 12.7. The summed E-state index contributed by atoms with van der Waals surface area (Å²) < 4.78 is 10.7. The maximum atomic E-state index is 12.5. The van der Waals surface area contributed by atoms with Crippen molar-refractivity contribution in [2.75, 3.05) is 23.9 Å². The average molecular weight is 437 g/mol. The van der Waals surface area contributed by atoms with Crippen LogP contribution in [0.25, 0.3) is 0 Å². The van der Waals surface area contributed by atoms with E-state index < -0.39 is 0 Å². The number of carbonyl (C=O) groups is 2. The first-order chi connectivity index (χ1) is 15.0. The maximum absolute atomic E-state index is 12.5. The van der Waals surface area contributed by atoms with Gasteiger partial charge in [-0.3, -0.25) is 9.59 Å². The topological polar surface area (TPSA) is 67.9 Å². The molecule has 158 valence electrons. The Balaban J connectivity index is 1.50. The zero-order chi connectivity index (χ0) is 21.8. The molecule has 1 N–H and O–H groups in total. The fourth-order valence-corrected chi connectivity index (χ4v) is 3.49. The van der Waals surface area contributed by atoms with Crippen molar-refractivity contribution >= 4 is 34.8 Å². The molecule has 0 aromatic heterocycles. The Morgan fingerprint density at radius 3 is 2.48 bits per heavy atom. The molecule has 0 saturated heterocycles. The SMILES string of the molecule is COc1ccc(CC(=O)Nc2ccc3c(c2)N(Cc2ccc(Cl)cc2)C(=O)CO3)cc1. The number of halogens is 1. The number of ether oxygens (including phenoxy) is 2. The summed E-state index contributed by atoms with van der Waals surface area (Å²) in [4.78, 5) is 26.7. The molecular formula is C24H21ClN2O4. The van der Waals surface area contributed by atoms with Gasteiger partial charge in [0.15, 0.2) is 6.61 Å². The molecule has 1 heterocycles. The first kappa shape index (κ1) is 20.8. The van der Waals surface area contributed by atoms with Crippen LogP contribution in [0.15, 0.2) is 66.7 Å². The lowest BCUT2D eigenvalue weighted by atomic mass is 10.1. The molecule has 7 heteroatoms. The van der Waals surface area contributed by atoms with Crippen molar-refractivity contribution in [1.29, 1.82) is 0 Å². The Hall–Kier alpha value is -3.51. The quantitative estimate of drug-likeness (QED) is 0.619. The summed E-state index contributed by atoms with van der Waals surface area (Å²) in [6.45, 7) is 0.360. The zero-order valence-corrected chi connectivity index (χ0v) is 17.7. The maximum Gasteiger partial charge on any atom is 0.265 e. The summed E-state index contributed by atoms with van der Waals surface area (Å²) in [5.41, 5.74) is 3.03. The standard InChI is InChI=1S/C24H21ClN2O4/c1-30-20-9-4-16(5-10-20)12-23(28)26-19-8-11-22-21(13-19)27(24(29)15-31-22)14-17-2-6-18(25)7-3-17/h2-11,13H,12,14-15H2,1H3,(H,26,28). The van der Waals surface area contributed by atoms with Crippen LogP contribution in [-0.2, 0) is 22.6 Å². The van der Waals surface area contributed by atoms with Crippen molar-refractivity contribution < 1.29 is 19.1 Å². The number of methoxy groups -OCH3 is 1. The van der Waals surface area contributed by atoms with Crippen molar-refractivity contribution in [3.8, 4) is 11.5 Å². The first-order valence-electron chi connectivity index (χ1n) is 9.76. The van der Waals surface area contributed by atoms with Gasteiger partial charge in [0.25, 0.3) is 5.91 Å². The third kappa shape index (κ3) is 4.98. The molecule has 0 radical (unpaired) electrons. The third-order valence-electron chi connectivity index (χ3n) is 4.96. The minimum absolute atomic E-state index is 0.0240. The summed E-state index contributed by atoms with van der Waals surface area (Å²) in [6.07, 6.45) is 0.227. The molecule has 0 spiro atoms. The number of anilines is 2. The number of hydrogen-bond acceptors (Lipinski definition) is 4. The summed E-state index contributed by atoms with van der Waals surface area (Å²) in [5, 5.41) is 3.53. The minimum atomic E-state index is -0.155. The summed E-state index contributed by atoms with van der Waals surface area (Å²) in [5.74, 6) is 1.03. The van der Waals surface area contributed by atoms with Crippen LogP contribution in [0, 0.1) is 0 Å². The monoisotopic (exact) mass is 436 g/mol. The van der Waals surface area contributed by atoms with Gasteiger partial charge in [0.1, 0.15) is 11.5 Å². The Bertz CT molecular complexity index is 1100. The number of hydrogen-bond donors (Lipinski definition) is 1. The molecule has 0 saturated carbocycles. The van der Waals surface area contributed by atoms with E-state index in [2.05, 4.69) is 5.32 Å². The van der Waals surface area contributed by atoms with Gasteiger partial charge in [-0.1, -0.05) is 35.9 Å². The molecule has 31 heavy (non-hydrogen) atoms. The van der Waals surface area contributed by atoms with E-state index in [1.807, 2.05) is 36.4 Å². The molecule has 0 bridgehead atoms. The van der Waals surface area contributed by atoms with E-state index in [0.717, 1.165) is 16.9 Å². The number of nitrogens with one attached hydrogen (secondary N) is 1. The largest absolute Gasteiger partial charge is 0.497 e. The Kier molecular flexibility index (Phi) is 6.09. The first-order valence-corrected chi connectivity index (χ1v) is 10.1. The number of nitrogens with zero attached hydrogens (tertiary/aromatic N) is 1. The average Bonchev–Trinajstić information content (AvgIpc) is 2.77. The van der Waals surface area contributed by atoms with Gasteiger partial charge in [-0.15, -0.1) is 0 Å². The molecule has 0 atom stereocenters. The van der Waals surface area contributed by atoms with E-state index in [1.54, 1.807) is 42.3 Å². The van der Waals surface area contributed by atoms with Crippen molar-refractivity contribution in [2.45, 2.75) is 13.0 Å². The van der Waals surface area contributed by atoms with Crippen molar-refractivity contribution in [3.63, 3.8) is 0 Å². The van der Waals surface area contributed by atoms with Crippen LogP contribution in [0.3, 0.4) is 0 Å². The van der Waals surface area contributed by atoms with E-state index in [1.165, 1.54) is 0 Å². The van der Waals surface area contributed by atoms with Crippen LogP contribution >= 0.6 is 11.6 Å². The van der Waals surface area contributed by atoms with Gasteiger partial charge in [0, 0.05) is 10.7 Å². The molecule has 0 aliphatic carbocycles. The molecule has 0 fully saturated rings. The van der Waals surface area contributed by atoms with Crippen LogP contribution in [-0.4, -0.2) is 25.5 Å². The van der Waals surface area contributed by atoms with Gasteiger partial charge in [0.2, 0.25) is 5.91 Å². The highest BCUT2D eigenvalue weighted by Gasteiger charge is 2.26. The van der Waals surface area contributed by atoms with Gasteiger partial charge in [-0.25, -0.2) is 0 Å². The van der Waals surface area contributed by atoms with E-state index in [0.29, 0.717) is 28.7 Å². The molecule has 3 aromatic carbocycles. The molecule has 4 rings (SSSR count). The number of rotatable bonds is 6. The van der Waals surface area contributed by atoms with Crippen LogP contribution in [0.5, 0.6) is 11.5 Å². The lowest BCUT2D eigenvalue weighted by molar-refractivity contribution is -0.121. The fraction of sp³-hybridized carbons (Fsp3) is 0.167. The van der Waals surface area contributed by atoms with Crippen LogP contribution in [0.1, 0.15) is 11.1 Å². The smallest absolute Gasteiger partial charge is 0.265 e. The Labute approximate surface area is 185 Å². The van der Waals surface area contributed by atoms with Gasteiger partial charge in [-0.05, 0) is 53.6 Å². The number of benzene rings is 3. The highest BCUT2D eigenvalue weighted by molar-refractivity contribution is 6.30. The summed E-state index contributed by atoms with van der Waals surface area (Å²) in [7, 11) is 1.60. The lowest BCUT2D eigenvalue weighted by Crippen LogP contribution is -2.38. The third-order valence-corrected chi connectivity index (χ3v) is 5.22. The van der Waals surface area contributed by atoms with Crippen LogP contribution in [0.2, 0.25) is 5.02 Å². The molecule has 2 amide bonds. The molecule has 1 aliphatic heterocycles. The second kappa shape index (κ2) is 9.10. The predicted molar refractivity (Wildman–Crippen MR) is 120 cm³/mol. The highest BCUT2D eigenvalue weighted by atomic mass is 35.5. The van der Waals surface area contributed by atoms with Crippen molar-refractivity contribution in [1.82, 2.24) is 0 Å². The van der Waals surface area contributed by atoms with Crippen LogP contribution < -0.4 is 19.7 Å². The Morgan fingerprint density at radius 1 is 1.06 bits per heavy atom. The van der Waals surface area contributed by atoms with E-state index in [-0.39, 0.29) is 24.8 Å².